The average molecular weight is 338 g/mol. The van der Waals surface area contributed by atoms with Gasteiger partial charge in [-0.1, -0.05) is 18.2 Å². The Morgan fingerprint density at radius 2 is 2.00 bits per heavy atom. The van der Waals surface area contributed by atoms with Crippen molar-refractivity contribution in [1.29, 1.82) is 0 Å². The molecule has 0 saturated carbocycles. The van der Waals surface area contributed by atoms with Crippen LogP contribution in [0.3, 0.4) is 0 Å². The van der Waals surface area contributed by atoms with Gasteiger partial charge in [0.05, 0.1) is 11.4 Å². The lowest BCUT2D eigenvalue weighted by Gasteiger charge is -2.38. The first kappa shape index (κ1) is 16.3. The summed E-state index contributed by atoms with van der Waals surface area (Å²) in [5, 5.41) is 4.55. The van der Waals surface area contributed by atoms with E-state index in [0.29, 0.717) is 5.91 Å². The first-order valence-corrected chi connectivity index (χ1v) is 9.33. The summed E-state index contributed by atoms with van der Waals surface area (Å²) in [6.07, 6.45) is 2.14. The van der Waals surface area contributed by atoms with Gasteiger partial charge in [-0.25, -0.2) is 0 Å². The summed E-state index contributed by atoms with van der Waals surface area (Å²) < 4.78 is 0. The standard InChI is InChI=1S/C20H26N4O/c1-15-13-19(17-6-2-3-7-18(17)22-15)23-9-11-24(12-10-23)20(25)16-5-4-8-21-14-16/h2-3,6-7,13,16,21H,4-5,8-12,14H2,1H3/t16-/m1/s1. The van der Waals surface area contributed by atoms with Crippen molar-refractivity contribution in [2.75, 3.05) is 44.2 Å². The molecule has 3 heterocycles. The van der Waals surface area contributed by atoms with E-state index in [4.69, 9.17) is 0 Å². The highest BCUT2D eigenvalue weighted by molar-refractivity contribution is 5.92. The van der Waals surface area contributed by atoms with Crippen molar-refractivity contribution in [2.24, 2.45) is 5.92 Å². The number of amides is 1. The number of piperazine rings is 1. The maximum absolute atomic E-state index is 12.7. The monoisotopic (exact) mass is 338 g/mol. The second-order valence-electron chi connectivity index (χ2n) is 7.16. The number of aryl methyl sites for hydroxylation is 1. The Hall–Kier alpha value is -2.14. The Morgan fingerprint density at radius 3 is 2.76 bits per heavy atom. The number of pyridine rings is 1. The highest BCUT2D eigenvalue weighted by Crippen LogP contribution is 2.28. The molecule has 1 atom stereocenters. The molecule has 5 nitrogen and oxygen atoms in total. The topological polar surface area (TPSA) is 48.5 Å². The average Bonchev–Trinajstić information content (AvgIpc) is 2.67. The summed E-state index contributed by atoms with van der Waals surface area (Å²) in [5.41, 5.74) is 3.33. The van der Waals surface area contributed by atoms with Crippen LogP contribution in [0.1, 0.15) is 18.5 Å². The minimum atomic E-state index is 0.171. The number of piperidine rings is 1. The summed E-state index contributed by atoms with van der Waals surface area (Å²) in [6, 6.07) is 10.5. The SMILES string of the molecule is Cc1cc(N2CCN(C(=O)[C@@H]3CCCNC3)CC2)c2ccccc2n1. The van der Waals surface area contributed by atoms with Crippen molar-refractivity contribution in [3.8, 4) is 0 Å². The Bertz CT molecular complexity index is 761. The zero-order chi connectivity index (χ0) is 17.2. The maximum Gasteiger partial charge on any atom is 0.227 e. The number of hydrogen-bond acceptors (Lipinski definition) is 4. The minimum absolute atomic E-state index is 0.171. The molecule has 0 aliphatic carbocycles. The molecule has 0 bridgehead atoms. The molecule has 1 aromatic heterocycles. The van der Waals surface area contributed by atoms with Gasteiger partial charge in [0.1, 0.15) is 0 Å². The number of anilines is 1. The van der Waals surface area contributed by atoms with Crippen molar-refractivity contribution in [3.63, 3.8) is 0 Å². The van der Waals surface area contributed by atoms with Gasteiger partial charge < -0.3 is 15.1 Å². The number of fused-ring (bicyclic) bond motifs is 1. The number of hydrogen-bond donors (Lipinski definition) is 1. The Labute approximate surface area is 149 Å². The predicted molar refractivity (Wildman–Crippen MR) is 101 cm³/mol. The van der Waals surface area contributed by atoms with Crippen molar-refractivity contribution in [1.82, 2.24) is 15.2 Å². The lowest BCUT2D eigenvalue weighted by atomic mass is 9.98. The second kappa shape index (κ2) is 7.00. The molecular weight excluding hydrogens is 312 g/mol. The van der Waals surface area contributed by atoms with Crippen LogP contribution in [0.15, 0.2) is 30.3 Å². The molecule has 2 saturated heterocycles. The molecule has 4 rings (SSSR count). The van der Waals surface area contributed by atoms with E-state index in [9.17, 15) is 4.79 Å². The molecule has 2 aliphatic rings. The largest absolute Gasteiger partial charge is 0.367 e. The van der Waals surface area contributed by atoms with E-state index in [1.54, 1.807) is 0 Å². The van der Waals surface area contributed by atoms with E-state index in [1.807, 2.05) is 13.0 Å². The van der Waals surface area contributed by atoms with Gasteiger partial charge in [0.2, 0.25) is 5.91 Å². The van der Waals surface area contributed by atoms with E-state index >= 15 is 0 Å². The van der Waals surface area contributed by atoms with E-state index in [0.717, 1.165) is 63.3 Å². The zero-order valence-corrected chi connectivity index (χ0v) is 14.9. The number of carbonyl (C=O) groups excluding carboxylic acids is 1. The normalized spacial score (nSPS) is 21.6. The van der Waals surface area contributed by atoms with Crippen molar-refractivity contribution >= 4 is 22.5 Å². The molecule has 5 heteroatoms. The van der Waals surface area contributed by atoms with E-state index < -0.39 is 0 Å². The van der Waals surface area contributed by atoms with E-state index in [-0.39, 0.29) is 5.92 Å². The van der Waals surface area contributed by atoms with Crippen LogP contribution in [0.5, 0.6) is 0 Å². The first-order valence-electron chi connectivity index (χ1n) is 9.33. The van der Waals surface area contributed by atoms with Crippen LogP contribution in [0.4, 0.5) is 5.69 Å². The van der Waals surface area contributed by atoms with Gasteiger partial charge in [0.25, 0.3) is 0 Å². The molecule has 25 heavy (non-hydrogen) atoms. The minimum Gasteiger partial charge on any atom is -0.367 e. The van der Waals surface area contributed by atoms with Crippen LogP contribution in [-0.4, -0.2) is 55.1 Å². The highest BCUT2D eigenvalue weighted by atomic mass is 16.2. The maximum atomic E-state index is 12.7. The second-order valence-corrected chi connectivity index (χ2v) is 7.16. The van der Waals surface area contributed by atoms with Crippen LogP contribution in [-0.2, 0) is 4.79 Å². The van der Waals surface area contributed by atoms with Gasteiger partial charge in [-0.15, -0.1) is 0 Å². The predicted octanol–water partition coefficient (Wildman–Crippen LogP) is 2.19. The quantitative estimate of drug-likeness (QED) is 0.912. The van der Waals surface area contributed by atoms with Gasteiger partial charge in [-0.3, -0.25) is 9.78 Å². The summed E-state index contributed by atoms with van der Waals surface area (Å²) in [7, 11) is 0. The molecule has 0 radical (unpaired) electrons. The third-order valence-corrected chi connectivity index (χ3v) is 5.40. The summed E-state index contributed by atoms with van der Waals surface area (Å²) >= 11 is 0. The zero-order valence-electron chi connectivity index (χ0n) is 14.9. The van der Waals surface area contributed by atoms with Gasteiger partial charge >= 0.3 is 0 Å². The molecule has 2 aliphatic heterocycles. The molecular formula is C20H26N4O. The Morgan fingerprint density at radius 1 is 1.20 bits per heavy atom. The fourth-order valence-electron chi connectivity index (χ4n) is 4.04. The number of benzene rings is 1. The van der Waals surface area contributed by atoms with Crippen LogP contribution < -0.4 is 10.2 Å². The van der Waals surface area contributed by atoms with Crippen molar-refractivity contribution in [3.05, 3.63) is 36.0 Å². The molecule has 2 fully saturated rings. The molecule has 0 spiro atoms. The Kier molecular flexibility index (Phi) is 4.57. The van der Waals surface area contributed by atoms with Crippen molar-refractivity contribution in [2.45, 2.75) is 19.8 Å². The summed E-state index contributed by atoms with van der Waals surface area (Å²) in [6.45, 7) is 7.33. The molecule has 1 N–H and O–H groups in total. The number of para-hydroxylation sites is 1. The molecule has 132 valence electrons. The molecule has 2 aromatic rings. The lowest BCUT2D eigenvalue weighted by Crippen LogP contribution is -2.52. The van der Waals surface area contributed by atoms with Crippen LogP contribution in [0, 0.1) is 12.8 Å². The third-order valence-electron chi connectivity index (χ3n) is 5.40. The van der Waals surface area contributed by atoms with Gasteiger partial charge in [0, 0.05) is 49.5 Å². The lowest BCUT2D eigenvalue weighted by molar-refractivity contribution is -0.136. The van der Waals surface area contributed by atoms with Crippen molar-refractivity contribution < 1.29 is 4.79 Å². The third kappa shape index (κ3) is 3.33. The van der Waals surface area contributed by atoms with E-state index in [2.05, 4.69) is 44.4 Å². The molecule has 1 amide bonds. The van der Waals surface area contributed by atoms with Crippen LogP contribution in [0.2, 0.25) is 0 Å². The summed E-state index contributed by atoms with van der Waals surface area (Å²) in [5.74, 6) is 0.506. The fourth-order valence-corrected chi connectivity index (χ4v) is 4.04. The number of carbonyl (C=O) groups is 1. The van der Waals surface area contributed by atoms with Gasteiger partial charge in [0.15, 0.2) is 0 Å². The summed E-state index contributed by atoms with van der Waals surface area (Å²) in [4.78, 5) is 21.8. The molecule has 1 aromatic carbocycles. The number of aromatic nitrogens is 1. The molecule has 0 unspecified atom stereocenters. The first-order chi connectivity index (χ1) is 12.2. The number of rotatable bonds is 2. The fraction of sp³-hybridized carbons (Fsp3) is 0.500. The van der Waals surface area contributed by atoms with Gasteiger partial charge in [-0.2, -0.15) is 0 Å². The highest BCUT2D eigenvalue weighted by Gasteiger charge is 2.28. The van der Waals surface area contributed by atoms with E-state index in [1.165, 1.54) is 11.1 Å². The van der Waals surface area contributed by atoms with Crippen LogP contribution >= 0.6 is 0 Å². The van der Waals surface area contributed by atoms with Gasteiger partial charge in [-0.05, 0) is 38.4 Å². The smallest absolute Gasteiger partial charge is 0.227 e. The number of nitrogens with zero attached hydrogens (tertiary/aromatic N) is 3. The van der Waals surface area contributed by atoms with Crippen LogP contribution in [0.25, 0.3) is 10.9 Å². The number of nitrogens with one attached hydrogen (secondary N) is 1. The Balaban J connectivity index is 1.48.